The van der Waals surface area contributed by atoms with Crippen molar-refractivity contribution in [3.8, 4) is 0 Å². The molecule has 1 fully saturated rings. The van der Waals surface area contributed by atoms with Gasteiger partial charge in [0.15, 0.2) is 6.29 Å². The summed E-state index contributed by atoms with van der Waals surface area (Å²) in [5.41, 5.74) is 0. The van der Waals surface area contributed by atoms with Gasteiger partial charge in [0.05, 0.1) is 25.4 Å². The fraction of sp³-hybridized carbons (Fsp3) is 0.983. The van der Waals surface area contributed by atoms with Crippen molar-refractivity contribution in [3.63, 3.8) is 0 Å². The van der Waals surface area contributed by atoms with Crippen molar-refractivity contribution in [1.29, 1.82) is 0 Å². The van der Waals surface area contributed by atoms with Gasteiger partial charge in [0.1, 0.15) is 24.4 Å². The van der Waals surface area contributed by atoms with Crippen LogP contribution in [0.4, 0.5) is 0 Å². The zero-order valence-electron chi connectivity index (χ0n) is 47.5. The number of nitrogens with one attached hydrogen (secondary N) is 1. The molecule has 12 nitrogen and oxygen atoms in total. The third kappa shape index (κ3) is 42.8. The van der Waals surface area contributed by atoms with E-state index < -0.39 is 59.9 Å². The first-order chi connectivity index (χ1) is 35.5. The summed E-state index contributed by atoms with van der Waals surface area (Å²) in [6.07, 6.45) is 51.5. The molecule has 0 bridgehead atoms. The predicted molar refractivity (Wildman–Crippen MR) is 301 cm³/mol. The van der Waals surface area contributed by atoms with Gasteiger partial charge in [0.25, 0.3) is 0 Å². The van der Waals surface area contributed by atoms with Gasteiger partial charge in [-0.1, -0.05) is 303 Å². The van der Waals surface area contributed by atoms with Gasteiger partial charge in [0.2, 0.25) is 5.91 Å². The SMILES string of the molecule is CCCCCCCCCCCCCCCCCCCCCCCCCCCCCCCCCCCC(=O)NC(COC1OC(CO)C(O)C(OS(=O)(=O)O)C1O)C(O)CCCCCCCCCCCCCCC. The molecule has 0 aliphatic carbocycles. The highest BCUT2D eigenvalue weighted by Crippen LogP contribution is 2.26. The minimum absolute atomic E-state index is 0.222. The van der Waals surface area contributed by atoms with Crippen LogP contribution in [0.25, 0.3) is 0 Å². The van der Waals surface area contributed by atoms with Crippen LogP contribution in [0.1, 0.15) is 322 Å². The maximum absolute atomic E-state index is 13.1. The monoisotopic (exact) mass is 1060 g/mol. The molecule has 0 spiro atoms. The first kappa shape index (κ1) is 70.1. The molecule has 1 rings (SSSR count). The Kier molecular flexibility index (Phi) is 48.6. The van der Waals surface area contributed by atoms with Crippen molar-refractivity contribution in [3.05, 3.63) is 0 Å². The summed E-state index contributed by atoms with van der Waals surface area (Å²) in [6.45, 7) is 3.49. The number of rotatable bonds is 56. The van der Waals surface area contributed by atoms with Gasteiger partial charge in [-0.2, -0.15) is 8.42 Å². The van der Waals surface area contributed by atoms with E-state index in [0.29, 0.717) is 12.8 Å². The second-order valence-corrected chi connectivity index (χ2v) is 23.4. The van der Waals surface area contributed by atoms with Crippen LogP contribution in [0.3, 0.4) is 0 Å². The molecule has 1 amide bonds. The van der Waals surface area contributed by atoms with E-state index in [9.17, 15) is 38.2 Å². The van der Waals surface area contributed by atoms with E-state index in [1.807, 2.05) is 0 Å². The molecule has 436 valence electrons. The summed E-state index contributed by atoms with van der Waals surface area (Å²) in [5, 5.41) is 45.1. The molecule has 7 unspecified atom stereocenters. The second kappa shape index (κ2) is 50.6. The molecule has 0 aromatic rings. The van der Waals surface area contributed by atoms with Crippen molar-refractivity contribution in [2.24, 2.45) is 0 Å². The van der Waals surface area contributed by atoms with Gasteiger partial charge in [-0.05, 0) is 12.8 Å². The van der Waals surface area contributed by atoms with Crippen molar-refractivity contribution < 1.29 is 51.8 Å². The van der Waals surface area contributed by atoms with Crippen molar-refractivity contribution in [1.82, 2.24) is 5.32 Å². The fourth-order valence-electron chi connectivity index (χ4n) is 10.6. The van der Waals surface area contributed by atoms with Crippen molar-refractivity contribution >= 4 is 16.3 Å². The van der Waals surface area contributed by atoms with Crippen LogP contribution in [-0.4, -0.2) is 95.4 Å². The van der Waals surface area contributed by atoms with Crippen LogP contribution in [0.15, 0.2) is 0 Å². The van der Waals surface area contributed by atoms with E-state index in [-0.39, 0.29) is 12.5 Å². The summed E-state index contributed by atoms with van der Waals surface area (Å²) in [6, 6.07) is -0.853. The lowest BCUT2D eigenvalue weighted by Gasteiger charge is -2.41. The van der Waals surface area contributed by atoms with E-state index in [0.717, 1.165) is 51.4 Å². The highest BCUT2D eigenvalue weighted by Gasteiger charge is 2.48. The first-order valence-electron chi connectivity index (χ1n) is 31.4. The Hall–Kier alpha value is -0.900. The summed E-state index contributed by atoms with van der Waals surface area (Å²) in [4.78, 5) is 13.1. The standard InChI is InChI=1S/C60H119NO11S/c1-3-5-7-9-11-13-15-17-18-19-20-21-22-23-24-25-26-27-28-29-30-31-32-33-34-35-36-38-40-42-44-46-48-50-56(64)61-53(54(63)49-47-45-43-41-39-37-16-14-12-10-8-6-4-2)52-70-60-58(66)59(72-73(67,68)69)57(65)55(51-62)71-60/h53-55,57-60,62-63,65-66H,3-52H2,1-2H3,(H,61,64)(H,67,68,69). The molecule has 1 aliphatic heterocycles. The molecule has 1 saturated heterocycles. The zero-order chi connectivity index (χ0) is 53.3. The first-order valence-corrected chi connectivity index (χ1v) is 32.8. The molecule has 13 heteroatoms. The minimum atomic E-state index is -5.08. The highest BCUT2D eigenvalue weighted by molar-refractivity contribution is 7.80. The third-order valence-corrected chi connectivity index (χ3v) is 15.9. The third-order valence-electron chi connectivity index (χ3n) is 15.4. The molecule has 1 heterocycles. The maximum Gasteiger partial charge on any atom is 0.397 e. The molecule has 0 saturated carbocycles. The Bertz CT molecular complexity index is 1290. The number of carbonyl (C=O) groups excluding carboxylic acids is 1. The molecule has 1 aliphatic rings. The Labute approximate surface area is 449 Å². The molecular weight excluding hydrogens is 943 g/mol. The van der Waals surface area contributed by atoms with E-state index in [2.05, 4.69) is 23.3 Å². The van der Waals surface area contributed by atoms with Crippen LogP contribution >= 0.6 is 0 Å². The van der Waals surface area contributed by atoms with Crippen LogP contribution in [-0.2, 0) is 28.9 Å². The average molecular weight is 1060 g/mol. The van der Waals surface area contributed by atoms with Gasteiger partial charge >= 0.3 is 10.4 Å². The van der Waals surface area contributed by atoms with Gasteiger partial charge in [-0.25, -0.2) is 4.18 Å². The highest BCUT2D eigenvalue weighted by atomic mass is 32.3. The number of hydrogen-bond donors (Lipinski definition) is 6. The Morgan fingerprint density at radius 3 is 1.10 bits per heavy atom. The van der Waals surface area contributed by atoms with E-state index >= 15 is 0 Å². The lowest BCUT2D eigenvalue weighted by atomic mass is 9.99. The smallest absolute Gasteiger partial charge is 0.394 e. The number of unbranched alkanes of at least 4 members (excludes halogenated alkanes) is 44. The van der Waals surface area contributed by atoms with Crippen LogP contribution in [0.2, 0.25) is 0 Å². The molecule has 0 aromatic heterocycles. The lowest BCUT2D eigenvalue weighted by molar-refractivity contribution is -0.298. The van der Waals surface area contributed by atoms with Crippen LogP contribution in [0, 0.1) is 0 Å². The fourth-order valence-corrected chi connectivity index (χ4v) is 11.1. The topological polar surface area (TPSA) is 192 Å². The van der Waals surface area contributed by atoms with Crippen molar-refractivity contribution in [2.45, 2.75) is 365 Å². The minimum Gasteiger partial charge on any atom is -0.394 e. The zero-order valence-corrected chi connectivity index (χ0v) is 48.3. The van der Waals surface area contributed by atoms with Crippen LogP contribution in [0.5, 0.6) is 0 Å². The summed E-state index contributed by atoms with van der Waals surface area (Å²) < 4.78 is 47.9. The number of ether oxygens (including phenoxy) is 2. The number of amides is 1. The number of carbonyl (C=O) groups is 1. The van der Waals surface area contributed by atoms with Gasteiger partial charge in [-0.15, -0.1) is 0 Å². The van der Waals surface area contributed by atoms with E-state index in [4.69, 9.17) is 9.47 Å². The quantitative estimate of drug-likeness (QED) is 0.0251. The molecular formula is C60H119NO11S. The molecule has 0 radical (unpaired) electrons. The summed E-state index contributed by atoms with van der Waals surface area (Å²) in [7, 11) is -5.08. The Balaban J connectivity index is 2.17. The molecule has 7 atom stereocenters. The number of hydrogen-bond acceptors (Lipinski definition) is 10. The predicted octanol–water partition coefficient (Wildman–Crippen LogP) is 15.2. The largest absolute Gasteiger partial charge is 0.397 e. The van der Waals surface area contributed by atoms with E-state index in [1.54, 1.807) is 0 Å². The van der Waals surface area contributed by atoms with Crippen molar-refractivity contribution in [2.75, 3.05) is 13.2 Å². The Morgan fingerprint density at radius 2 is 0.795 bits per heavy atom. The van der Waals surface area contributed by atoms with Crippen LogP contribution < -0.4 is 5.32 Å². The van der Waals surface area contributed by atoms with Gasteiger partial charge in [0, 0.05) is 6.42 Å². The summed E-state index contributed by atoms with van der Waals surface area (Å²) >= 11 is 0. The number of aliphatic hydroxyl groups excluding tert-OH is 4. The normalized spacial score (nSPS) is 19.1. The number of aliphatic hydroxyl groups is 4. The molecule has 6 N–H and O–H groups in total. The Morgan fingerprint density at radius 1 is 0.493 bits per heavy atom. The molecule has 73 heavy (non-hydrogen) atoms. The molecule has 0 aromatic carbocycles. The van der Waals surface area contributed by atoms with Gasteiger partial charge < -0.3 is 35.2 Å². The summed E-state index contributed by atoms with van der Waals surface area (Å²) in [5.74, 6) is -0.222. The maximum atomic E-state index is 13.1. The lowest BCUT2D eigenvalue weighted by Crippen LogP contribution is -2.61. The van der Waals surface area contributed by atoms with Gasteiger partial charge in [-0.3, -0.25) is 9.35 Å². The van der Waals surface area contributed by atoms with E-state index in [1.165, 1.54) is 244 Å². The average Bonchev–Trinajstić information content (AvgIpc) is 3.37. The second-order valence-electron chi connectivity index (χ2n) is 22.4.